The van der Waals surface area contributed by atoms with E-state index < -0.39 is 17.6 Å². The van der Waals surface area contributed by atoms with Gasteiger partial charge in [-0.1, -0.05) is 29.3 Å². The lowest BCUT2D eigenvalue weighted by atomic mass is 10.0. The summed E-state index contributed by atoms with van der Waals surface area (Å²) >= 11 is 12.0. The fourth-order valence-corrected chi connectivity index (χ4v) is 3.36. The first-order chi connectivity index (χ1) is 12.2. The Morgan fingerprint density at radius 1 is 1.31 bits per heavy atom. The van der Waals surface area contributed by atoms with Crippen LogP contribution in [-0.2, 0) is 22.5 Å². The Labute approximate surface area is 161 Å². The summed E-state index contributed by atoms with van der Waals surface area (Å²) in [6, 6.07) is 4.56. The van der Waals surface area contributed by atoms with Crippen molar-refractivity contribution in [3.05, 3.63) is 50.1 Å². The van der Waals surface area contributed by atoms with Gasteiger partial charge in [0.05, 0.1) is 16.6 Å². The quantitative estimate of drug-likeness (QED) is 0.741. The molecular weight excluding hydrogens is 377 g/mol. The number of esters is 1. The van der Waals surface area contributed by atoms with Crippen molar-refractivity contribution in [2.75, 3.05) is 0 Å². The second-order valence-electron chi connectivity index (χ2n) is 7.42. The summed E-state index contributed by atoms with van der Waals surface area (Å²) in [5.41, 5.74) is -0.110. The maximum atomic E-state index is 12.8. The molecule has 0 unspecified atom stereocenters. The highest BCUT2D eigenvalue weighted by Crippen LogP contribution is 2.26. The van der Waals surface area contributed by atoms with E-state index in [9.17, 15) is 9.59 Å². The van der Waals surface area contributed by atoms with E-state index in [1.54, 1.807) is 18.2 Å². The summed E-state index contributed by atoms with van der Waals surface area (Å²) in [4.78, 5) is 25.4. The van der Waals surface area contributed by atoms with E-state index in [1.807, 2.05) is 20.8 Å². The molecule has 0 radical (unpaired) electrons. The van der Waals surface area contributed by atoms with Crippen LogP contribution in [0, 0.1) is 0 Å². The largest absolute Gasteiger partial charge is 0.458 e. The van der Waals surface area contributed by atoms with E-state index in [1.165, 1.54) is 9.25 Å². The van der Waals surface area contributed by atoms with Crippen LogP contribution in [0.1, 0.15) is 51.0 Å². The molecule has 140 valence electrons. The molecule has 8 heteroatoms. The highest BCUT2D eigenvalue weighted by molar-refractivity contribution is 6.42. The maximum Gasteiger partial charge on any atom is 0.347 e. The van der Waals surface area contributed by atoms with Crippen LogP contribution in [0.15, 0.2) is 23.0 Å². The van der Waals surface area contributed by atoms with E-state index in [0.717, 1.165) is 12.0 Å². The number of hydrogen-bond donors (Lipinski definition) is 0. The lowest BCUT2D eigenvalue weighted by Crippen LogP contribution is -2.38. The van der Waals surface area contributed by atoms with Crippen molar-refractivity contribution < 1.29 is 9.53 Å². The van der Waals surface area contributed by atoms with Gasteiger partial charge in [0.25, 0.3) is 0 Å². The van der Waals surface area contributed by atoms with E-state index in [-0.39, 0.29) is 12.2 Å². The Balaban J connectivity index is 1.91. The zero-order chi connectivity index (χ0) is 19.1. The molecule has 1 aliphatic heterocycles. The summed E-state index contributed by atoms with van der Waals surface area (Å²) in [6.07, 6.45) is 2.01. The predicted molar refractivity (Wildman–Crippen MR) is 99.9 cm³/mol. The molecule has 3 rings (SSSR count). The summed E-state index contributed by atoms with van der Waals surface area (Å²) in [5, 5.41) is 5.29. The Morgan fingerprint density at radius 2 is 2.04 bits per heavy atom. The van der Waals surface area contributed by atoms with Crippen LogP contribution < -0.4 is 5.69 Å². The van der Waals surface area contributed by atoms with Gasteiger partial charge < -0.3 is 4.74 Å². The van der Waals surface area contributed by atoms with Crippen LogP contribution in [0.25, 0.3) is 0 Å². The molecule has 0 saturated carbocycles. The van der Waals surface area contributed by atoms with Crippen LogP contribution >= 0.6 is 23.2 Å². The number of rotatable bonds is 3. The van der Waals surface area contributed by atoms with Gasteiger partial charge >= 0.3 is 11.7 Å². The van der Waals surface area contributed by atoms with Crippen molar-refractivity contribution in [1.82, 2.24) is 14.3 Å². The van der Waals surface area contributed by atoms with E-state index >= 15 is 0 Å². The summed E-state index contributed by atoms with van der Waals surface area (Å²) < 4.78 is 8.30. The fraction of sp³-hybridized carbons (Fsp3) is 0.500. The van der Waals surface area contributed by atoms with Gasteiger partial charge in [-0.05, 0) is 51.3 Å². The molecule has 0 saturated heterocycles. The zero-order valence-corrected chi connectivity index (χ0v) is 16.5. The van der Waals surface area contributed by atoms with Crippen LogP contribution in [0.5, 0.6) is 0 Å². The Kier molecular flexibility index (Phi) is 5.17. The minimum atomic E-state index is -0.631. The van der Waals surface area contributed by atoms with Crippen molar-refractivity contribution in [3.8, 4) is 0 Å². The summed E-state index contributed by atoms with van der Waals surface area (Å²) in [7, 11) is 0. The molecule has 0 N–H and O–H groups in total. The third-order valence-electron chi connectivity index (χ3n) is 4.13. The van der Waals surface area contributed by atoms with Crippen LogP contribution in [0.3, 0.4) is 0 Å². The van der Waals surface area contributed by atoms with Gasteiger partial charge in [0.1, 0.15) is 17.5 Å². The minimum Gasteiger partial charge on any atom is -0.458 e. The number of nitrogens with zero attached hydrogens (tertiary/aromatic N) is 3. The second-order valence-corrected chi connectivity index (χ2v) is 8.23. The van der Waals surface area contributed by atoms with E-state index in [4.69, 9.17) is 27.9 Å². The first kappa shape index (κ1) is 19.0. The second kappa shape index (κ2) is 7.08. The highest BCUT2D eigenvalue weighted by atomic mass is 35.5. The van der Waals surface area contributed by atoms with Gasteiger partial charge in [-0.25, -0.2) is 14.3 Å². The fourth-order valence-electron chi connectivity index (χ4n) is 3.04. The number of carbonyl (C=O) groups is 1. The molecule has 2 aromatic rings. The molecular formula is C18H21Cl2N3O3. The summed E-state index contributed by atoms with van der Waals surface area (Å²) in [6.45, 7) is 5.69. The maximum absolute atomic E-state index is 12.8. The number of benzene rings is 1. The van der Waals surface area contributed by atoms with Crippen LogP contribution in [0.2, 0.25) is 10.0 Å². The van der Waals surface area contributed by atoms with Gasteiger partial charge in [0.15, 0.2) is 0 Å². The standard InChI is InChI=1S/C18H21Cl2N3O3/c1-18(2,3)26-16(24)14-5-4-6-15-21-22(17(25)23(14)15)10-11-7-8-12(19)13(20)9-11/h7-9,14H,4-6,10H2,1-3H3/t14-/m1/s1. The molecule has 1 aromatic carbocycles. The monoisotopic (exact) mass is 397 g/mol. The molecule has 1 aromatic heterocycles. The molecule has 26 heavy (non-hydrogen) atoms. The number of hydrogen-bond acceptors (Lipinski definition) is 4. The number of ether oxygens (including phenoxy) is 1. The van der Waals surface area contributed by atoms with Gasteiger partial charge in [-0.3, -0.25) is 4.57 Å². The van der Waals surface area contributed by atoms with Crippen LogP contribution in [0.4, 0.5) is 0 Å². The SMILES string of the molecule is CC(C)(C)OC(=O)[C@H]1CCCc2nn(Cc3ccc(Cl)c(Cl)c3)c(=O)n21. The Hall–Kier alpha value is -1.79. The average Bonchev–Trinajstić information content (AvgIpc) is 2.85. The zero-order valence-electron chi connectivity index (χ0n) is 15.0. The van der Waals surface area contributed by atoms with E-state index in [0.29, 0.717) is 28.7 Å². The molecule has 1 aliphatic rings. The first-order valence-corrected chi connectivity index (χ1v) is 9.26. The third-order valence-corrected chi connectivity index (χ3v) is 4.86. The molecule has 0 amide bonds. The molecule has 0 bridgehead atoms. The topological polar surface area (TPSA) is 66.1 Å². The molecule has 0 fully saturated rings. The summed E-state index contributed by atoms with van der Waals surface area (Å²) in [5.74, 6) is 0.215. The smallest absolute Gasteiger partial charge is 0.347 e. The normalized spacial score (nSPS) is 17.0. The van der Waals surface area contributed by atoms with Crippen molar-refractivity contribution in [1.29, 1.82) is 0 Å². The Morgan fingerprint density at radius 3 is 2.69 bits per heavy atom. The molecule has 2 heterocycles. The number of carbonyl (C=O) groups excluding carboxylic acids is 1. The molecule has 1 atom stereocenters. The van der Waals surface area contributed by atoms with Crippen LogP contribution in [-0.4, -0.2) is 25.9 Å². The Bertz CT molecular complexity index is 896. The lowest BCUT2D eigenvalue weighted by molar-refractivity contribution is -0.159. The van der Waals surface area contributed by atoms with Crippen molar-refractivity contribution in [2.24, 2.45) is 0 Å². The number of halogens is 2. The van der Waals surface area contributed by atoms with Gasteiger partial charge in [-0.2, -0.15) is 5.10 Å². The van der Waals surface area contributed by atoms with Gasteiger partial charge in [0, 0.05) is 6.42 Å². The predicted octanol–water partition coefficient (Wildman–Crippen LogP) is 3.62. The number of aromatic nitrogens is 3. The average molecular weight is 398 g/mol. The minimum absolute atomic E-state index is 0.261. The third kappa shape index (κ3) is 3.96. The number of fused-ring (bicyclic) bond motifs is 1. The molecule has 0 spiro atoms. The first-order valence-electron chi connectivity index (χ1n) is 8.51. The van der Waals surface area contributed by atoms with Crippen molar-refractivity contribution in [3.63, 3.8) is 0 Å². The number of aryl methyl sites for hydroxylation is 1. The molecule has 0 aliphatic carbocycles. The lowest BCUT2D eigenvalue weighted by Gasteiger charge is -2.26. The van der Waals surface area contributed by atoms with Crippen molar-refractivity contribution >= 4 is 29.2 Å². The van der Waals surface area contributed by atoms with E-state index in [2.05, 4.69) is 5.10 Å². The molecule has 6 nitrogen and oxygen atoms in total. The highest BCUT2D eigenvalue weighted by Gasteiger charge is 2.33. The van der Waals surface area contributed by atoms with Gasteiger partial charge in [-0.15, -0.1) is 0 Å². The van der Waals surface area contributed by atoms with Gasteiger partial charge in [0.2, 0.25) is 0 Å². The van der Waals surface area contributed by atoms with Crippen molar-refractivity contribution in [2.45, 2.75) is 58.2 Å².